The van der Waals surface area contributed by atoms with Crippen LogP contribution in [-0.4, -0.2) is 31.3 Å². The van der Waals surface area contributed by atoms with Crippen LogP contribution in [0.15, 0.2) is 48.7 Å². The quantitative estimate of drug-likeness (QED) is 0.337. The molecule has 1 aromatic rings. The number of nitrogens with one attached hydrogen (secondary N) is 1. The van der Waals surface area contributed by atoms with Gasteiger partial charge in [0.1, 0.15) is 24.0 Å². The van der Waals surface area contributed by atoms with Gasteiger partial charge in [-0.3, -0.25) is 0 Å². The normalized spacial score (nSPS) is 14.0. The second-order valence-electron chi connectivity index (χ2n) is 7.03. The van der Waals surface area contributed by atoms with Crippen molar-refractivity contribution in [3.05, 3.63) is 59.8 Å². The molecule has 0 aromatic carbocycles. The van der Waals surface area contributed by atoms with Crippen LogP contribution in [0.5, 0.6) is 0 Å². The summed E-state index contributed by atoms with van der Waals surface area (Å²) in [7, 11) is 0. The largest absolute Gasteiger partial charge is 0.491 e. The third-order valence-electron chi connectivity index (χ3n) is 4.60. The Kier molecular flexibility index (Phi) is 8.52. The minimum Gasteiger partial charge on any atom is -0.491 e. The molecule has 0 spiro atoms. The Labute approximate surface area is 162 Å². The molecule has 0 amide bonds. The van der Waals surface area contributed by atoms with Crippen LogP contribution in [-0.2, 0) is 22.3 Å². The lowest BCUT2D eigenvalue weighted by molar-refractivity contribution is 0.0825. The zero-order valence-electron chi connectivity index (χ0n) is 16.5. The summed E-state index contributed by atoms with van der Waals surface area (Å²) in [5.74, 6) is 1.03. The average molecular weight is 375 g/mol. The van der Waals surface area contributed by atoms with Crippen molar-refractivity contribution in [1.82, 2.24) is 4.98 Å². The molecule has 0 radical (unpaired) electrons. The first-order valence-corrected chi connectivity index (χ1v) is 9.65. The first-order valence-electron chi connectivity index (χ1n) is 9.65. The lowest BCUT2D eigenvalue weighted by Gasteiger charge is -2.19. The first-order chi connectivity index (χ1) is 13.0. The van der Waals surface area contributed by atoms with E-state index in [1.54, 1.807) is 0 Å². The Morgan fingerprint density at radius 3 is 2.78 bits per heavy atom. The second-order valence-corrected chi connectivity index (χ2v) is 7.03. The zero-order valence-corrected chi connectivity index (χ0v) is 16.5. The van der Waals surface area contributed by atoms with Crippen LogP contribution in [0.3, 0.4) is 0 Å². The molecule has 0 saturated heterocycles. The van der Waals surface area contributed by atoms with Crippen molar-refractivity contribution in [2.75, 3.05) is 31.7 Å². The number of allylic oxidation sites excluding steroid dienone is 3. The van der Waals surface area contributed by atoms with Crippen molar-refractivity contribution in [2.24, 2.45) is 5.92 Å². The van der Waals surface area contributed by atoms with Gasteiger partial charge >= 0.3 is 0 Å². The number of ether oxygens (including phenoxy) is 2. The van der Waals surface area contributed by atoms with Gasteiger partial charge in [0.25, 0.3) is 0 Å². The Hall–Kier alpha value is -2.14. The number of fused-ring (bicyclic) bond motifs is 1. The molecule has 5 heteroatoms. The summed E-state index contributed by atoms with van der Waals surface area (Å²) in [4.78, 5) is 4.46. The minimum absolute atomic E-state index is 0.171. The molecule has 0 fully saturated rings. The third-order valence-corrected chi connectivity index (χ3v) is 4.60. The number of aromatic nitrogens is 1. The van der Waals surface area contributed by atoms with E-state index < -0.39 is 5.83 Å². The van der Waals surface area contributed by atoms with Gasteiger partial charge in [-0.1, -0.05) is 27.0 Å². The van der Waals surface area contributed by atoms with E-state index in [0.29, 0.717) is 32.1 Å². The fourth-order valence-electron chi connectivity index (χ4n) is 3.02. The molecule has 1 N–H and O–H groups in total. The molecule has 1 aliphatic carbocycles. The highest BCUT2D eigenvalue weighted by Gasteiger charge is 2.13. The molecule has 0 aliphatic heterocycles. The summed E-state index contributed by atoms with van der Waals surface area (Å²) in [6.45, 7) is 13.2. The van der Waals surface area contributed by atoms with E-state index in [0.717, 1.165) is 24.2 Å². The van der Waals surface area contributed by atoms with Gasteiger partial charge < -0.3 is 14.8 Å². The second kappa shape index (κ2) is 10.9. The van der Waals surface area contributed by atoms with Crippen LogP contribution in [0.1, 0.15) is 37.8 Å². The molecular weight excluding hydrogens is 343 g/mol. The van der Waals surface area contributed by atoms with Crippen LogP contribution >= 0.6 is 0 Å². The number of aryl methyl sites for hydroxylation is 1. The smallest absolute Gasteiger partial charge is 0.129 e. The fraction of sp³-hybridized carbons (Fsp3) is 0.500. The number of rotatable bonds is 11. The topological polar surface area (TPSA) is 43.4 Å². The van der Waals surface area contributed by atoms with Crippen molar-refractivity contribution in [2.45, 2.75) is 39.5 Å². The number of pyridine rings is 1. The van der Waals surface area contributed by atoms with Crippen LogP contribution in [0.2, 0.25) is 0 Å². The average Bonchev–Trinajstić information content (AvgIpc) is 2.65. The molecule has 4 nitrogen and oxygen atoms in total. The van der Waals surface area contributed by atoms with Gasteiger partial charge in [0.15, 0.2) is 0 Å². The van der Waals surface area contributed by atoms with E-state index in [9.17, 15) is 4.39 Å². The maximum Gasteiger partial charge on any atom is 0.129 e. The lowest BCUT2D eigenvalue weighted by Crippen LogP contribution is -2.16. The maximum atomic E-state index is 13.1. The van der Waals surface area contributed by atoms with Gasteiger partial charge in [0, 0.05) is 18.8 Å². The summed E-state index contributed by atoms with van der Waals surface area (Å²) >= 11 is 0. The predicted octanol–water partition coefficient (Wildman–Crippen LogP) is 4.98. The molecule has 1 heterocycles. The maximum absolute atomic E-state index is 13.1. The van der Waals surface area contributed by atoms with Gasteiger partial charge in [-0.2, -0.15) is 0 Å². The Morgan fingerprint density at radius 1 is 1.26 bits per heavy atom. The highest BCUT2D eigenvalue weighted by Crippen LogP contribution is 2.25. The number of hydrogen-bond donors (Lipinski definition) is 1. The molecule has 2 rings (SSSR count). The molecule has 0 unspecified atom stereocenters. The Morgan fingerprint density at radius 2 is 2.04 bits per heavy atom. The standard InChI is InChI=1S/C22H31FN2O2/c1-16(2)18(4)21(15-17(3)23)27-14-13-26-12-11-25-22-20-8-6-5-7-19(20)9-10-24-22/h9-10,15-16H,3-8,11-14H2,1-2H3,(H,24,25)/b21-15+. The number of hydrogen-bond acceptors (Lipinski definition) is 4. The molecule has 148 valence electrons. The van der Waals surface area contributed by atoms with Gasteiger partial charge in [0.2, 0.25) is 0 Å². The zero-order chi connectivity index (χ0) is 19.6. The molecule has 0 saturated carbocycles. The summed E-state index contributed by atoms with van der Waals surface area (Å²) in [5, 5.41) is 3.37. The number of halogens is 1. The summed E-state index contributed by atoms with van der Waals surface area (Å²) in [6.07, 6.45) is 7.86. The van der Waals surface area contributed by atoms with Gasteiger partial charge in [-0.25, -0.2) is 9.37 Å². The summed E-state index contributed by atoms with van der Waals surface area (Å²) in [6, 6.07) is 2.12. The Bertz CT molecular complexity index is 683. The molecule has 1 aliphatic rings. The highest BCUT2D eigenvalue weighted by atomic mass is 19.1. The van der Waals surface area contributed by atoms with E-state index in [4.69, 9.17) is 9.47 Å². The van der Waals surface area contributed by atoms with Crippen molar-refractivity contribution < 1.29 is 13.9 Å². The van der Waals surface area contributed by atoms with Gasteiger partial charge in [-0.05, 0) is 54.4 Å². The van der Waals surface area contributed by atoms with Crippen LogP contribution in [0.4, 0.5) is 10.2 Å². The minimum atomic E-state index is -0.546. The van der Waals surface area contributed by atoms with E-state index in [1.807, 2.05) is 20.0 Å². The fourth-order valence-corrected chi connectivity index (χ4v) is 3.02. The molecule has 27 heavy (non-hydrogen) atoms. The van der Waals surface area contributed by atoms with E-state index in [-0.39, 0.29) is 5.92 Å². The third kappa shape index (κ3) is 6.83. The predicted molar refractivity (Wildman–Crippen MR) is 108 cm³/mol. The van der Waals surface area contributed by atoms with E-state index >= 15 is 0 Å². The van der Waals surface area contributed by atoms with Crippen LogP contribution < -0.4 is 5.32 Å². The van der Waals surface area contributed by atoms with Crippen molar-refractivity contribution in [1.29, 1.82) is 0 Å². The first kappa shape index (κ1) is 21.2. The lowest BCUT2D eigenvalue weighted by atomic mass is 9.92. The molecule has 1 aromatic heterocycles. The van der Waals surface area contributed by atoms with Crippen molar-refractivity contribution in [3.8, 4) is 0 Å². The van der Waals surface area contributed by atoms with Crippen LogP contribution in [0.25, 0.3) is 0 Å². The SMILES string of the molecule is C=C(F)/C=C(/OCCOCCNc1nccc2c1CCCC2)C(=C)C(C)C. The Balaban J connectivity index is 1.69. The summed E-state index contributed by atoms with van der Waals surface area (Å²) in [5.41, 5.74) is 3.50. The van der Waals surface area contributed by atoms with E-state index in [2.05, 4.69) is 29.5 Å². The van der Waals surface area contributed by atoms with Gasteiger partial charge in [0.05, 0.1) is 13.2 Å². The molecule has 0 bridgehead atoms. The van der Waals surface area contributed by atoms with Gasteiger partial charge in [-0.15, -0.1) is 0 Å². The number of nitrogens with zero attached hydrogens (tertiary/aromatic N) is 1. The van der Waals surface area contributed by atoms with Crippen molar-refractivity contribution >= 4 is 5.82 Å². The highest BCUT2D eigenvalue weighted by molar-refractivity contribution is 5.49. The van der Waals surface area contributed by atoms with E-state index in [1.165, 1.54) is 30.0 Å². The van der Waals surface area contributed by atoms with Crippen molar-refractivity contribution in [3.63, 3.8) is 0 Å². The van der Waals surface area contributed by atoms with Crippen LogP contribution in [0, 0.1) is 5.92 Å². The summed E-state index contributed by atoms with van der Waals surface area (Å²) < 4.78 is 24.3. The number of anilines is 1. The molecular formula is C22H31FN2O2. The monoisotopic (exact) mass is 374 g/mol. The molecule has 0 atom stereocenters.